The molecular formula is C58H112O17P2. The SMILES string of the molecule is CCCCCCCCCCCCCC(=O)OC[C@H](COP(=O)(O)OC[C@@H](O)COP(=O)(O)OC[C@@H](COC(=O)CCCCCCC)OC(=O)CCCCCCCCCCC)OC(=O)CCCCCCCCCCC(C)CC. The number of hydrogen-bond acceptors (Lipinski definition) is 15. The summed E-state index contributed by atoms with van der Waals surface area (Å²) < 4.78 is 67.5. The maximum atomic E-state index is 12.9. The molecule has 0 spiro atoms. The Bertz CT molecular complexity index is 1520. The van der Waals surface area contributed by atoms with E-state index < -0.39 is 97.5 Å². The second-order valence-corrected chi connectivity index (χ2v) is 24.2. The smallest absolute Gasteiger partial charge is 0.462 e. The second kappa shape index (κ2) is 52.2. The third-order valence-corrected chi connectivity index (χ3v) is 15.5. The molecule has 0 aliphatic carbocycles. The largest absolute Gasteiger partial charge is 0.472 e. The van der Waals surface area contributed by atoms with Crippen LogP contribution < -0.4 is 0 Å². The predicted octanol–water partition coefficient (Wildman–Crippen LogP) is 15.5. The summed E-state index contributed by atoms with van der Waals surface area (Å²) in [6.45, 7) is 7.04. The van der Waals surface area contributed by atoms with Gasteiger partial charge in [0.05, 0.1) is 26.4 Å². The van der Waals surface area contributed by atoms with Crippen LogP contribution in [-0.2, 0) is 65.4 Å². The van der Waals surface area contributed by atoms with Crippen molar-refractivity contribution in [3.63, 3.8) is 0 Å². The van der Waals surface area contributed by atoms with Gasteiger partial charge in [-0.3, -0.25) is 37.3 Å². The van der Waals surface area contributed by atoms with Crippen molar-refractivity contribution in [2.45, 2.75) is 303 Å². The molecule has 0 aliphatic heterocycles. The van der Waals surface area contributed by atoms with Gasteiger partial charge in [-0.2, -0.15) is 0 Å². The van der Waals surface area contributed by atoms with Gasteiger partial charge < -0.3 is 33.8 Å². The number of phosphoric ester groups is 2. The lowest BCUT2D eigenvalue weighted by atomic mass is 9.99. The van der Waals surface area contributed by atoms with Gasteiger partial charge in [0.1, 0.15) is 19.3 Å². The average molecular weight is 1140 g/mol. The highest BCUT2D eigenvalue weighted by Gasteiger charge is 2.30. The van der Waals surface area contributed by atoms with Crippen LogP contribution in [0.25, 0.3) is 0 Å². The molecule has 0 aromatic heterocycles. The third kappa shape index (κ3) is 51.9. The molecule has 3 N–H and O–H groups in total. The number of unbranched alkanes of at least 4 members (excludes halogenated alkanes) is 29. The van der Waals surface area contributed by atoms with Crippen molar-refractivity contribution in [1.82, 2.24) is 0 Å². The first-order chi connectivity index (χ1) is 37.1. The fourth-order valence-corrected chi connectivity index (χ4v) is 10.1. The van der Waals surface area contributed by atoms with E-state index in [2.05, 4.69) is 34.6 Å². The van der Waals surface area contributed by atoms with Gasteiger partial charge in [0.15, 0.2) is 12.2 Å². The zero-order valence-electron chi connectivity index (χ0n) is 49.1. The highest BCUT2D eigenvalue weighted by molar-refractivity contribution is 7.47. The summed E-state index contributed by atoms with van der Waals surface area (Å²) in [5.41, 5.74) is 0. The molecule has 0 bridgehead atoms. The van der Waals surface area contributed by atoms with Crippen molar-refractivity contribution >= 4 is 39.5 Å². The Morgan fingerprint density at radius 3 is 0.922 bits per heavy atom. The van der Waals surface area contributed by atoms with Crippen molar-refractivity contribution in [2.75, 3.05) is 39.6 Å². The first kappa shape index (κ1) is 75.1. The quantitative estimate of drug-likeness (QED) is 0.0222. The van der Waals surface area contributed by atoms with Crippen molar-refractivity contribution < 1.29 is 80.2 Å². The van der Waals surface area contributed by atoms with E-state index in [0.29, 0.717) is 25.7 Å². The highest BCUT2D eigenvalue weighted by atomic mass is 31.2. The molecular weight excluding hydrogens is 1030 g/mol. The Labute approximate surface area is 467 Å². The third-order valence-electron chi connectivity index (χ3n) is 13.6. The second-order valence-electron chi connectivity index (χ2n) is 21.3. The van der Waals surface area contributed by atoms with E-state index in [1.807, 2.05) is 0 Å². The van der Waals surface area contributed by atoms with Crippen LogP contribution in [0.3, 0.4) is 0 Å². The molecule has 3 unspecified atom stereocenters. The molecule has 0 amide bonds. The number of carbonyl (C=O) groups excluding carboxylic acids is 4. The molecule has 19 heteroatoms. The first-order valence-electron chi connectivity index (χ1n) is 30.7. The van der Waals surface area contributed by atoms with Gasteiger partial charge in [-0.1, -0.05) is 234 Å². The molecule has 0 heterocycles. The van der Waals surface area contributed by atoms with Crippen molar-refractivity contribution in [2.24, 2.45) is 5.92 Å². The fraction of sp³-hybridized carbons (Fsp3) is 0.931. The van der Waals surface area contributed by atoms with Gasteiger partial charge in [-0.15, -0.1) is 0 Å². The van der Waals surface area contributed by atoms with E-state index in [1.54, 1.807) is 0 Å². The maximum absolute atomic E-state index is 12.9. The number of hydrogen-bond donors (Lipinski definition) is 3. The molecule has 6 atom stereocenters. The van der Waals surface area contributed by atoms with Crippen molar-refractivity contribution in [3.05, 3.63) is 0 Å². The van der Waals surface area contributed by atoms with Crippen LogP contribution in [-0.4, -0.2) is 96.7 Å². The molecule has 0 aromatic carbocycles. The first-order valence-corrected chi connectivity index (χ1v) is 33.7. The number of phosphoric acid groups is 2. The molecule has 17 nitrogen and oxygen atoms in total. The topological polar surface area (TPSA) is 237 Å². The number of carbonyl (C=O) groups is 4. The molecule has 0 rings (SSSR count). The van der Waals surface area contributed by atoms with Gasteiger partial charge in [0.2, 0.25) is 0 Å². The number of aliphatic hydroxyl groups excluding tert-OH is 1. The lowest BCUT2D eigenvalue weighted by molar-refractivity contribution is -0.161. The van der Waals surface area contributed by atoms with Gasteiger partial charge in [0.25, 0.3) is 0 Å². The van der Waals surface area contributed by atoms with Gasteiger partial charge >= 0.3 is 39.5 Å². The Balaban J connectivity index is 5.19. The zero-order valence-corrected chi connectivity index (χ0v) is 50.9. The normalized spacial score (nSPS) is 14.8. The Hall–Kier alpha value is -1.94. The van der Waals surface area contributed by atoms with E-state index >= 15 is 0 Å². The van der Waals surface area contributed by atoms with Crippen LogP contribution in [0.15, 0.2) is 0 Å². The molecule has 0 saturated carbocycles. The molecule has 0 aliphatic rings. The van der Waals surface area contributed by atoms with Crippen LogP contribution in [0, 0.1) is 5.92 Å². The molecule has 0 fully saturated rings. The van der Waals surface area contributed by atoms with E-state index in [9.17, 15) is 43.2 Å². The summed E-state index contributed by atoms with van der Waals surface area (Å²) >= 11 is 0. The minimum Gasteiger partial charge on any atom is -0.462 e. The van der Waals surface area contributed by atoms with E-state index in [4.69, 9.17) is 37.0 Å². The van der Waals surface area contributed by atoms with Crippen molar-refractivity contribution in [3.8, 4) is 0 Å². The van der Waals surface area contributed by atoms with Crippen LogP contribution in [0.1, 0.15) is 285 Å². The zero-order chi connectivity index (χ0) is 57.1. The summed E-state index contributed by atoms with van der Waals surface area (Å²) in [5.74, 6) is -1.38. The van der Waals surface area contributed by atoms with Gasteiger partial charge in [-0.25, -0.2) is 9.13 Å². The molecule has 0 radical (unpaired) electrons. The minimum absolute atomic E-state index is 0.105. The van der Waals surface area contributed by atoms with Crippen molar-refractivity contribution in [1.29, 1.82) is 0 Å². The Morgan fingerprint density at radius 1 is 0.364 bits per heavy atom. The van der Waals surface area contributed by atoms with Gasteiger partial charge in [0, 0.05) is 25.7 Å². The summed E-state index contributed by atoms with van der Waals surface area (Å²) in [6, 6.07) is 0. The summed E-state index contributed by atoms with van der Waals surface area (Å²) in [7, 11) is -9.86. The van der Waals surface area contributed by atoms with Crippen LogP contribution in [0.5, 0.6) is 0 Å². The highest BCUT2D eigenvalue weighted by Crippen LogP contribution is 2.45. The fourth-order valence-electron chi connectivity index (χ4n) is 8.49. The molecule has 0 saturated heterocycles. The summed E-state index contributed by atoms with van der Waals surface area (Å²) in [4.78, 5) is 71.6. The summed E-state index contributed by atoms with van der Waals surface area (Å²) in [6.07, 6.45) is 33.7. The monoisotopic (exact) mass is 1140 g/mol. The lowest BCUT2D eigenvalue weighted by Gasteiger charge is -2.21. The Kier molecular flexibility index (Phi) is 50.8. The average Bonchev–Trinajstić information content (AvgIpc) is 3.40. The number of rotatable bonds is 58. The summed E-state index contributed by atoms with van der Waals surface area (Å²) in [5, 5.41) is 10.5. The number of esters is 4. The van der Waals surface area contributed by atoms with Gasteiger partial charge in [-0.05, 0) is 31.6 Å². The van der Waals surface area contributed by atoms with E-state index in [-0.39, 0.29) is 25.7 Å². The predicted molar refractivity (Wildman–Crippen MR) is 303 cm³/mol. The Morgan fingerprint density at radius 2 is 0.623 bits per heavy atom. The maximum Gasteiger partial charge on any atom is 0.472 e. The minimum atomic E-state index is -4.94. The number of aliphatic hydroxyl groups is 1. The van der Waals surface area contributed by atoms with Crippen LogP contribution in [0.2, 0.25) is 0 Å². The molecule has 0 aromatic rings. The molecule has 77 heavy (non-hydrogen) atoms. The van der Waals surface area contributed by atoms with Crippen LogP contribution in [0.4, 0.5) is 0 Å². The lowest BCUT2D eigenvalue weighted by Crippen LogP contribution is -2.30. The van der Waals surface area contributed by atoms with E-state index in [0.717, 1.165) is 102 Å². The van der Waals surface area contributed by atoms with Crippen LogP contribution >= 0.6 is 15.6 Å². The van der Waals surface area contributed by atoms with E-state index in [1.165, 1.54) is 103 Å². The number of ether oxygens (including phenoxy) is 4. The molecule has 456 valence electrons. The standard InChI is InChI=1S/C58H112O17P2/c1-6-10-13-16-18-20-21-23-27-32-37-42-56(61)69-48-54(75-58(63)44-39-34-29-25-24-26-31-35-40-51(5)9-4)50-73-77(66,67)71-46-52(59)45-70-76(64,65)72-49-53(47-68-55(60)41-36-30-15-12-8-3)74-57(62)43-38-33-28-22-19-17-14-11-7-2/h51-54,59H,6-50H2,1-5H3,(H,64,65)(H,66,67)/t51?,52-,53+,54+/m0/s1.